The lowest BCUT2D eigenvalue weighted by Crippen LogP contribution is -2.47. The maximum absolute atomic E-state index is 11.6. The van der Waals surface area contributed by atoms with Gasteiger partial charge in [-0.05, 0) is 37.5 Å². The van der Waals surface area contributed by atoms with Crippen LogP contribution in [0.3, 0.4) is 0 Å². The molecule has 1 rings (SSSR count). The maximum atomic E-state index is 11.6. The quantitative estimate of drug-likeness (QED) is 0.0635. The summed E-state index contributed by atoms with van der Waals surface area (Å²) in [4.78, 5) is 67.3. The third-order valence-electron chi connectivity index (χ3n) is 6.92. The second-order valence-electron chi connectivity index (χ2n) is 10.8. The predicted octanol–water partition coefficient (Wildman–Crippen LogP) is -0.873. The Morgan fingerprint density at radius 2 is 0.795 bits per heavy atom. The second-order valence-corrected chi connectivity index (χ2v) is 10.8. The number of aliphatic carboxylic acids is 6. The van der Waals surface area contributed by atoms with Gasteiger partial charge in [0.05, 0.1) is 52.1 Å². The molecule has 44 heavy (non-hydrogen) atoms. The molecule has 0 saturated heterocycles. The van der Waals surface area contributed by atoms with Crippen LogP contribution in [0.25, 0.3) is 0 Å². The van der Waals surface area contributed by atoms with Crippen LogP contribution in [0, 0.1) is 11.8 Å². The number of aliphatic hydroxyl groups is 2. The summed E-state index contributed by atoms with van der Waals surface area (Å²) in [6, 6.07) is 0. The van der Waals surface area contributed by atoms with E-state index in [9.17, 15) is 49.2 Å². The number of aliphatic hydroxyl groups excluding tert-OH is 2. The molecule has 0 aromatic heterocycles. The third-order valence-corrected chi connectivity index (χ3v) is 6.92. The molecular weight excluding hydrogens is 600 g/mol. The lowest BCUT2D eigenvalue weighted by molar-refractivity contribution is -0.183. The van der Waals surface area contributed by atoms with Gasteiger partial charge in [0, 0.05) is 13.2 Å². The SMILES string of the molecule is O=C(O)CC(CC(=O)O)(OCC(O)COCC1CCC(COCC(O)COC(CC(=O)O)(CC(=O)O)C(=O)O)CC1)C(=O)O. The second kappa shape index (κ2) is 18.4. The summed E-state index contributed by atoms with van der Waals surface area (Å²) in [5.74, 6) is -9.66. The van der Waals surface area contributed by atoms with Crippen LogP contribution >= 0.6 is 0 Å². The van der Waals surface area contributed by atoms with Crippen molar-refractivity contribution in [3.8, 4) is 0 Å². The van der Waals surface area contributed by atoms with E-state index in [0.717, 1.165) is 25.7 Å². The van der Waals surface area contributed by atoms with E-state index in [2.05, 4.69) is 0 Å². The molecule has 0 aliphatic heterocycles. The van der Waals surface area contributed by atoms with Gasteiger partial charge < -0.3 is 59.8 Å². The molecule has 0 spiro atoms. The van der Waals surface area contributed by atoms with Crippen molar-refractivity contribution < 1.29 is 88.6 Å². The van der Waals surface area contributed by atoms with Crippen molar-refractivity contribution in [2.75, 3.05) is 39.6 Å². The van der Waals surface area contributed by atoms with Gasteiger partial charge in [0.1, 0.15) is 12.2 Å². The molecule has 0 amide bonds. The monoisotopic (exact) mass is 640 g/mol. The molecule has 0 bridgehead atoms. The van der Waals surface area contributed by atoms with Gasteiger partial charge in [-0.25, -0.2) is 9.59 Å². The lowest BCUT2D eigenvalue weighted by Gasteiger charge is -2.30. The van der Waals surface area contributed by atoms with E-state index in [1.165, 1.54) is 0 Å². The third kappa shape index (κ3) is 13.9. The number of carboxylic acid groups (broad SMARTS) is 6. The van der Waals surface area contributed by atoms with Gasteiger partial charge >= 0.3 is 35.8 Å². The highest BCUT2D eigenvalue weighted by atomic mass is 16.6. The van der Waals surface area contributed by atoms with E-state index < -0.39 is 98.1 Å². The van der Waals surface area contributed by atoms with Crippen LogP contribution in [0.15, 0.2) is 0 Å². The Morgan fingerprint density at radius 3 is 1.02 bits per heavy atom. The van der Waals surface area contributed by atoms with Crippen LogP contribution in [0.4, 0.5) is 0 Å². The standard InChI is InChI=1S/C26H40O18/c27-17(13-43-25(23(37)38,5-19(29)30)6-20(31)32)11-41-9-15-1-2-16(4-3-15)10-42-12-18(28)14-44-26(24(39)40,7-21(33)34)8-22(35)36/h15-18,27-28H,1-14H2,(H,29,30)(H,31,32)(H,33,34)(H,35,36)(H,37,38)(H,39,40). The number of hydrogen-bond donors (Lipinski definition) is 8. The minimum atomic E-state index is -2.55. The maximum Gasteiger partial charge on any atom is 0.337 e. The Kier molecular flexibility index (Phi) is 16.1. The Labute approximate surface area is 251 Å². The van der Waals surface area contributed by atoms with Crippen molar-refractivity contribution in [1.82, 2.24) is 0 Å². The molecule has 8 N–H and O–H groups in total. The topological polar surface area (TPSA) is 301 Å². The van der Waals surface area contributed by atoms with Gasteiger partial charge in [0.25, 0.3) is 0 Å². The number of hydrogen-bond acceptors (Lipinski definition) is 12. The Balaban J connectivity index is 2.39. The summed E-state index contributed by atoms with van der Waals surface area (Å²) in [6.45, 7) is -1.34. The first-order valence-electron chi connectivity index (χ1n) is 13.6. The molecular formula is C26H40O18. The molecule has 0 aromatic rings. The van der Waals surface area contributed by atoms with Crippen molar-refractivity contribution in [2.45, 2.75) is 74.8 Å². The van der Waals surface area contributed by atoms with Crippen molar-refractivity contribution in [2.24, 2.45) is 11.8 Å². The van der Waals surface area contributed by atoms with Crippen molar-refractivity contribution in [1.29, 1.82) is 0 Å². The summed E-state index contributed by atoms with van der Waals surface area (Å²) >= 11 is 0. The smallest absolute Gasteiger partial charge is 0.337 e. The van der Waals surface area contributed by atoms with Gasteiger partial charge in [-0.1, -0.05) is 0 Å². The Bertz CT molecular complexity index is 877. The lowest BCUT2D eigenvalue weighted by atomic mass is 9.83. The van der Waals surface area contributed by atoms with Crippen LogP contribution in [0.1, 0.15) is 51.4 Å². The summed E-state index contributed by atoms with van der Waals surface area (Å²) < 4.78 is 21.1. The molecule has 18 heteroatoms. The summed E-state index contributed by atoms with van der Waals surface area (Å²) in [7, 11) is 0. The zero-order valence-corrected chi connectivity index (χ0v) is 23.9. The highest BCUT2D eigenvalue weighted by molar-refractivity contribution is 5.89. The molecule has 1 aliphatic rings. The molecule has 0 radical (unpaired) electrons. The van der Waals surface area contributed by atoms with E-state index >= 15 is 0 Å². The van der Waals surface area contributed by atoms with E-state index in [1.54, 1.807) is 0 Å². The first-order valence-corrected chi connectivity index (χ1v) is 13.6. The zero-order chi connectivity index (χ0) is 33.5. The van der Waals surface area contributed by atoms with E-state index in [4.69, 9.17) is 39.4 Å². The molecule has 0 aromatic carbocycles. The van der Waals surface area contributed by atoms with Crippen molar-refractivity contribution in [3.63, 3.8) is 0 Å². The highest BCUT2D eigenvalue weighted by Crippen LogP contribution is 2.29. The molecule has 1 aliphatic carbocycles. The minimum Gasteiger partial charge on any atom is -0.481 e. The average Bonchev–Trinajstić information content (AvgIpc) is 2.89. The van der Waals surface area contributed by atoms with Crippen molar-refractivity contribution >= 4 is 35.8 Å². The zero-order valence-electron chi connectivity index (χ0n) is 23.9. The van der Waals surface area contributed by atoms with E-state index in [1.807, 2.05) is 0 Å². The normalized spacial score (nSPS) is 18.7. The number of ether oxygens (including phenoxy) is 4. The van der Waals surface area contributed by atoms with Gasteiger partial charge in [-0.3, -0.25) is 19.2 Å². The van der Waals surface area contributed by atoms with Crippen LogP contribution in [0.5, 0.6) is 0 Å². The molecule has 2 atom stereocenters. The van der Waals surface area contributed by atoms with Crippen LogP contribution in [0.2, 0.25) is 0 Å². The molecule has 1 saturated carbocycles. The van der Waals surface area contributed by atoms with E-state index in [-0.39, 0.29) is 38.3 Å². The molecule has 18 nitrogen and oxygen atoms in total. The fourth-order valence-corrected chi connectivity index (χ4v) is 4.65. The van der Waals surface area contributed by atoms with E-state index in [0.29, 0.717) is 0 Å². The minimum absolute atomic E-state index is 0.128. The van der Waals surface area contributed by atoms with Crippen LogP contribution < -0.4 is 0 Å². The predicted molar refractivity (Wildman–Crippen MR) is 141 cm³/mol. The molecule has 0 heterocycles. The fraction of sp³-hybridized carbons (Fsp3) is 0.769. The number of carboxylic acids is 6. The Morgan fingerprint density at radius 1 is 0.523 bits per heavy atom. The van der Waals surface area contributed by atoms with Crippen LogP contribution in [-0.4, -0.2) is 140 Å². The van der Waals surface area contributed by atoms with Gasteiger partial charge in [-0.15, -0.1) is 0 Å². The van der Waals surface area contributed by atoms with Gasteiger partial charge in [-0.2, -0.15) is 0 Å². The van der Waals surface area contributed by atoms with Crippen LogP contribution in [-0.2, 0) is 47.7 Å². The first kappa shape index (κ1) is 38.6. The molecule has 1 fully saturated rings. The summed E-state index contributed by atoms with van der Waals surface area (Å²) in [5.41, 5.74) is -5.10. The number of rotatable bonds is 24. The Hall–Kier alpha value is -3.42. The van der Waals surface area contributed by atoms with Gasteiger partial charge in [0.2, 0.25) is 0 Å². The molecule has 2 unspecified atom stereocenters. The first-order chi connectivity index (χ1) is 20.5. The largest absolute Gasteiger partial charge is 0.481 e. The van der Waals surface area contributed by atoms with Gasteiger partial charge in [0.15, 0.2) is 11.2 Å². The summed E-state index contributed by atoms with van der Waals surface area (Å²) in [6.07, 6.45) is -4.22. The van der Waals surface area contributed by atoms with Crippen molar-refractivity contribution in [3.05, 3.63) is 0 Å². The average molecular weight is 641 g/mol. The fourth-order valence-electron chi connectivity index (χ4n) is 4.65. The summed E-state index contributed by atoms with van der Waals surface area (Å²) in [5, 5.41) is 74.8. The molecule has 252 valence electrons. The number of carbonyl (C=O) groups is 6. The highest BCUT2D eigenvalue weighted by Gasteiger charge is 2.46.